The van der Waals surface area contributed by atoms with Gasteiger partial charge in [-0.25, -0.2) is 13.9 Å². The van der Waals surface area contributed by atoms with Crippen molar-refractivity contribution in [1.82, 2.24) is 25.2 Å². The Morgan fingerprint density at radius 3 is 2.87 bits per heavy atom. The maximum atomic E-state index is 14.0. The molecule has 0 unspecified atom stereocenters. The van der Waals surface area contributed by atoms with Crippen LogP contribution in [0.1, 0.15) is 11.7 Å². The first-order valence-corrected chi connectivity index (χ1v) is 9.30. The number of rotatable bonds is 4. The Balaban J connectivity index is 0.00000256. The lowest BCUT2D eigenvalue weighted by Crippen LogP contribution is -2.34. The van der Waals surface area contributed by atoms with Crippen LogP contribution in [0.2, 0.25) is 5.02 Å². The maximum absolute atomic E-state index is 14.0. The molecule has 1 aliphatic heterocycles. The summed E-state index contributed by atoms with van der Waals surface area (Å²) in [6.07, 6.45) is 0.979. The number of aromatic nitrogens is 4. The topological polar surface area (TPSA) is 115 Å². The second-order valence-electron chi connectivity index (χ2n) is 6.60. The first kappa shape index (κ1) is 22.2. The molecule has 3 aromatic rings. The fraction of sp³-hybridized carbons (Fsp3) is 0.333. The smallest absolute Gasteiger partial charge is 0.372 e. The molecule has 160 valence electrons. The number of hydrogen-bond acceptors (Lipinski definition) is 7. The predicted molar refractivity (Wildman–Crippen MR) is 108 cm³/mol. The van der Waals surface area contributed by atoms with E-state index in [4.69, 9.17) is 16.3 Å². The number of ether oxygens (including phenoxy) is 1. The number of hydrogen-bond donors (Lipinski definition) is 2. The highest BCUT2D eigenvalue weighted by molar-refractivity contribution is 6.30. The number of nitrogens with zero attached hydrogens (tertiary/aromatic N) is 3. The van der Waals surface area contributed by atoms with Crippen molar-refractivity contribution in [2.24, 2.45) is 5.92 Å². The van der Waals surface area contributed by atoms with Crippen LogP contribution in [0.5, 0.6) is 0 Å². The second-order valence-corrected chi connectivity index (χ2v) is 7.01. The molecule has 0 bridgehead atoms. The highest BCUT2D eigenvalue weighted by atomic mass is 35.5. The molecule has 0 saturated carbocycles. The minimum Gasteiger partial charge on any atom is -0.372 e. The fourth-order valence-electron chi connectivity index (χ4n) is 3.34. The van der Waals surface area contributed by atoms with E-state index in [0.29, 0.717) is 25.3 Å². The van der Waals surface area contributed by atoms with Crippen molar-refractivity contribution in [3.63, 3.8) is 0 Å². The van der Waals surface area contributed by atoms with E-state index >= 15 is 0 Å². The Kier molecular flexibility index (Phi) is 7.03. The van der Waals surface area contributed by atoms with Crippen LogP contribution < -0.4 is 16.6 Å². The SMILES string of the molecule is Cl.O=c1[nH]c(-c2ccnn(C[C@@H]3CNCCO[C@H]3c3ccc(Cl)c(F)c3)c2=O)no1. The Bertz CT molecular complexity index is 1130. The van der Waals surface area contributed by atoms with Crippen LogP contribution in [-0.4, -0.2) is 39.6 Å². The summed E-state index contributed by atoms with van der Waals surface area (Å²) in [5.74, 6) is -1.47. The molecule has 1 aromatic carbocycles. The lowest BCUT2D eigenvalue weighted by molar-refractivity contribution is 0.0236. The third-order valence-corrected chi connectivity index (χ3v) is 5.00. The molecule has 0 aliphatic carbocycles. The Morgan fingerprint density at radius 1 is 1.30 bits per heavy atom. The first-order valence-electron chi connectivity index (χ1n) is 8.92. The van der Waals surface area contributed by atoms with Gasteiger partial charge in [0.15, 0.2) is 5.82 Å². The van der Waals surface area contributed by atoms with E-state index < -0.39 is 23.2 Å². The van der Waals surface area contributed by atoms with Gasteiger partial charge in [-0.15, -0.1) is 12.4 Å². The second kappa shape index (κ2) is 9.52. The Hall–Kier alpha value is -2.53. The quantitative estimate of drug-likeness (QED) is 0.613. The minimum atomic E-state index is -0.756. The lowest BCUT2D eigenvalue weighted by atomic mass is 9.95. The van der Waals surface area contributed by atoms with E-state index in [0.717, 1.165) is 0 Å². The third kappa shape index (κ3) is 4.62. The van der Waals surface area contributed by atoms with Crippen molar-refractivity contribution >= 4 is 24.0 Å². The lowest BCUT2D eigenvalue weighted by Gasteiger charge is -2.25. The largest absolute Gasteiger partial charge is 0.439 e. The normalized spacial score (nSPS) is 19.1. The van der Waals surface area contributed by atoms with Gasteiger partial charge in [-0.2, -0.15) is 5.10 Å². The zero-order valence-electron chi connectivity index (χ0n) is 15.5. The van der Waals surface area contributed by atoms with Crippen LogP contribution in [0.25, 0.3) is 11.4 Å². The zero-order valence-corrected chi connectivity index (χ0v) is 17.1. The number of nitrogens with one attached hydrogen (secondary N) is 2. The molecule has 2 N–H and O–H groups in total. The molecule has 2 aromatic heterocycles. The summed E-state index contributed by atoms with van der Waals surface area (Å²) >= 11 is 5.79. The van der Waals surface area contributed by atoms with Crippen molar-refractivity contribution in [1.29, 1.82) is 0 Å². The average Bonchev–Trinajstić information content (AvgIpc) is 3.00. The summed E-state index contributed by atoms with van der Waals surface area (Å²) in [5.41, 5.74) is 0.343. The van der Waals surface area contributed by atoms with Gasteiger partial charge in [0.05, 0.1) is 29.8 Å². The van der Waals surface area contributed by atoms with Gasteiger partial charge in [-0.3, -0.25) is 14.3 Å². The van der Waals surface area contributed by atoms with Gasteiger partial charge in [-0.1, -0.05) is 22.8 Å². The molecular formula is C18H18Cl2FN5O4. The highest BCUT2D eigenvalue weighted by Gasteiger charge is 2.28. The number of halogens is 3. The summed E-state index contributed by atoms with van der Waals surface area (Å²) in [7, 11) is 0. The summed E-state index contributed by atoms with van der Waals surface area (Å²) in [6, 6.07) is 5.98. The molecule has 9 nitrogen and oxygen atoms in total. The molecule has 30 heavy (non-hydrogen) atoms. The number of H-pyrrole nitrogens is 1. The van der Waals surface area contributed by atoms with Crippen LogP contribution in [0.4, 0.5) is 4.39 Å². The molecule has 0 spiro atoms. The fourth-order valence-corrected chi connectivity index (χ4v) is 3.45. The molecule has 1 fully saturated rings. The molecule has 2 atom stereocenters. The van der Waals surface area contributed by atoms with Crippen molar-refractivity contribution in [3.8, 4) is 11.4 Å². The van der Waals surface area contributed by atoms with Crippen molar-refractivity contribution in [3.05, 3.63) is 67.8 Å². The molecule has 4 rings (SSSR count). The van der Waals surface area contributed by atoms with Gasteiger partial charge in [0.2, 0.25) is 0 Å². The summed E-state index contributed by atoms with van der Waals surface area (Å²) in [5, 5.41) is 11.0. The van der Waals surface area contributed by atoms with Crippen LogP contribution in [-0.2, 0) is 11.3 Å². The van der Waals surface area contributed by atoms with E-state index in [1.165, 1.54) is 29.1 Å². The molecule has 3 heterocycles. The Morgan fingerprint density at radius 2 is 2.13 bits per heavy atom. The van der Waals surface area contributed by atoms with Gasteiger partial charge in [0.1, 0.15) is 5.82 Å². The third-order valence-electron chi connectivity index (χ3n) is 4.70. The van der Waals surface area contributed by atoms with Gasteiger partial charge in [-0.05, 0) is 23.8 Å². The number of aromatic amines is 1. The van der Waals surface area contributed by atoms with Gasteiger partial charge in [0.25, 0.3) is 5.56 Å². The van der Waals surface area contributed by atoms with E-state index in [1.807, 2.05) is 0 Å². The summed E-state index contributed by atoms with van der Waals surface area (Å²) in [4.78, 5) is 26.4. The van der Waals surface area contributed by atoms with Crippen LogP contribution in [0, 0.1) is 11.7 Å². The maximum Gasteiger partial charge on any atom is 0.439 e. The van der Waals surface area contributed by atoms with E-state index in [1.54, 1.807) is 6.07 Å². The van der Waals surface area contributed by atoms with Crippen molar-refractivity contribution in [2.45, 2.75) is 12.6 Å². The van der Waals surface area contributed by atoms with E-state index in [2.05, 4.69) is 25.1 Å². The molecule has 0 radical (unpaired) electrons. The van der Waals surface area contributed by atoms with Crippen molar-refractivity contribution in [2.75, 3.05) is 19.7 Å². The molecular weight excluding hydrogens is 440 g/mol. The van der Waals surface area contributed by atoms with Gasteiger partial charge >= 0.3 is 5.76 Å². The van der Waals surface area contributed by atoms with Crippen LogP contribution in [0.3, 0.4) is 0 Å². The molecule has 12 heteroatoms. The molecule has 1 aliphatic rings. The predicted octanol–water partition coefficient (Wildman–Crippen LogP) is 1.78. The van der Waals surface area contributed by atoms with Crippen LogP contribution in [0.15, 0.2) is 44.6 Å². The Labute approximate surface area is 180 Å². The first-order chi connectivity index (χ1) is 14.0. The molecule has 0 amide bonds. The molecule has 1 saturated heterocycles. The summed E-state index contributed by atoms with van der Waals surface area (Å²) < 4.78 is 25.7. The zero-order chi connectivity index (χ0) is 20.4. The van der Waals surface area contributed by atoms with Crippen molar-refractivity contribution < 1.29 is 13.7 Å². The summed E-state index contributed by atoms with van der Waals surface area (Å²) in [6.45, 7) is 1.81. The van der Waals surface area contributed by atoms with E-state index in [9.17, 15) is 14.0 Å². The van der Waals surface area contributed by atoms with Gasteiger partial charge < -0.3 is 10.1 Å². The standard InChI is InChI=1S/C18H17ClFN5O4.ClH/c19-13-2-1-10(7-14(13)20)15-11(8-21-5-6-28-15)9-25-17(26)12(3-4-22-25)16-23-18(27)29-24-16;/h1-4,7,11,15,21H,5-6,8-9H2,(H,23,24,27);1H/t11-,15-;/m0./s1. The van der Waals surface area contributed by atoms with E-state index in [-0.39, 0.29) is 41.3 Å². The highest BCUT2D eigenvalue weighted by Crippen LogP contribution is 2.30. The minimum absolute atomic E-state index is 0. The average molecular weight is 458 g/mol. The number of benzene rings is 1. The van der Waals surface area contributed by atoms with Gasteiger partial charge in [0, 0.05) is 25.2 Å². The monoisotopic (exact) mass is 457 g/mol. The van der Waals surface area contributed by atoms with Crippen LogP contribution >= 0.6 is 24.0 Å².